The van der Waals surface area contributed by atoms with Crippen LogP contribution >= 0.6 is 0 Å². The number of unbranched alkanes of at least 4 members (excludes halogenated alkanes) is 1. The highest BCUT2D eigenvalue weighted by Crippen LogP contribution is 2.33. The Balaban J connectivity index is 1.59. The van der Waals surface area contributed by atoms with Gasteiger partial charge < -0.3 is 14.8 Å². The first kappa shape index (κ1) is 22.1. The molecule has 1 saturated heterocycles. The number of nitrogens with one attached hydrogen (secondary N) is 1. The van der Waals surface area contributed by atoms with Gasteiger partial charge in [0, 0.05) is 30.6 Å². The van der Waals surface area contributed by atoms with Gasteiger partial charge in [0.1, 0.15) is 12.4 Å². The minimum atomic E-state index is -0.0542. The van der Waals surface area contributed by atoms with Gasteiger partial charge in [-0.05, 0) is 56.5 Å². The molecule has 0 bridgehead atoms. The van der Waals surface area contributed by atoms with E-state index in [0.29, 0.717) is 13.0 Å². The summed E-state index contributed by atoms with van der Waals surface area (Å²) >= 11 is 0. The molecular formula is C26H32N4O2. The van der Waals surface area contributed by atoms with Gasteiger partial charge in [0.15, 0.2) is 0 Å². The molecule has 1 N–H and O–H groups in total. The Morgan fingerprint density at radius 2 is 1.91 bits per heavy atom. The average Bonchev–Trinajstić information content (AvgIpc) is 3.33. The van der Waals surface area contributed by atoms with Gasteiger partial charge in [0.05, 0.1) is 11.0 Å². The highest BCUT2D eigenvalue weighted by Gasteiger charge is 2.35. The Labute approximate surface area is 189 Å². The van der Waals surface area contributed by atoms with Crippen LogP contribution < -0.4 is 10.2 Å². The lowest BCUT2D eigenvalue weighted by Gasteiger charge is -2.18. The first-order valence-electron chi connectivity index (χ1n) is 11.6. The van der Waals surface area contributed by atoms with E-state index in [4.69, 9.17) is 4.98 Å². The minimum Gasteiger partial charge on any atom is -0.352 e. The number of anilines is 1. The predicted molar refractivity (Wildman–Crippen MR) is 128 cm³/mol. The fourth-order valence-corrected chi connectivity index (χ4v) is 4.44. The second-order valence-corrected chi connectivity index (χ2v) is 8.94. The summed E-state index contributed by atoms with van der Waals surface area (Å²) < 4.78 is 1.97. The van der Waals surface area contributed by atoms with Crippen LogP contribution in [0.1, 0.15) is 57.3 Å². The maximum absolute atomic E-state index is 12.9. The van der Waals surface area contributed by atoms with Crippen molar-refractivity contribution in [1.82, 2.24) is 14.9 Å². The molecule has 2 aromatic carbocycles. The van der Waals surface area contributed by atoms with Crippen LogP contribution in [-0.4, -0.2) is 34.0 Å². The molecule has 0 unspecified atom stereocenters. The van der Waals surface area contributed by atoms with Crippen molar-refractivity contribution in [2.24, 2.45) is 0 Å². The number of amides is 2. The van der Waals surface area contributed by atoms with E-state index in [1.165, 1.54) is 18.4 Å². The molecule has 2 amide bonds. The van der Waals surface area contributed by atoms with Crippen LogP contribution in [0.4, 0.5) is 5.69 Å². The third-order valence-electron chi connectivity index (χ3n) is 5.99. The molecule has 2 heterocycles. The molecule has 6 nitrogen and oxygen atoms in total. The molecule has 32 heavy (non-hydrogen) atoms. The van der Waals surface area contributed by atoms with Crippen LogP contribution in [-0.2, 0) is 22.6 Å². The number of fused-ring (bicyclic) bond motifs is 1. The molecule has 1 aliphatic heterocycles. The van der Waals surface area contributed by atoms with Crippen molar-refractivity contribution < 1.29 is 9.59 Å². The number of hydrogen-bond donors (Lipinski definition) is 1. The molecule has 168 valence electrons. The van der Waals surface area contributed by atoms with Gasteiger partial charge in [-0.2, -0.15) is 0 Å². The number of nitrogens with zero attached hydrogens (tertiary/aromatic N) is 3. The number of imidazole rings is 1. The fraction of sp³-hybridized carbons (Fsp3) is 0.423. The van der Waals surface area contributed by atoms with Crippen LogP contribution in [0, 0.1) is 0 Å². The van der Waals surface area contributed by atoms with Crippen molar-refractivity contribution in [2.75, 3.05) is 11.4 Å². The number of carbonyl (C=O) groups is 2. The van der Waals surface area contributed by atoms with E-state index in [0.717, 1.165) is 29.0 Å². The topological polar surface area (TPSA) is 67.2 Å². The van der Waals surface area contributed by atoms with Gasteiger partial charge in [-0.15, -0.1) is 0 Å². The molecule has 4 rings (SSSR count). The van der Waals surface area contributed by atoms with Gasteiger partial charge >= 0.3 is 0 Å². The van der Waals surface area contributed by atoms with Crippen molar-refractivity contribution in [3.63, 3.8) is 0 Å². The molecule has 0 radical (unpaired) electrons. The van der Waals surface area contributed by atoms with E-state index in [1.807, 2.05) is 59.7 Å². The summed E-state index contributed by atoms with van der Waals surface area (Å²) in [5, 5.41) is 2.96. The molecule has 6 heteroatoms. The molecule has 0 aliphatic carbocycles. The zero-order valence-corrected chi connectivity index (χ0v) is 19.2. The Bertz CT molecular complexity index is 1100. The van der Waals surface area contributed by atoms with E-state index < -0.39 is 0 Å². The molecule has 3 aromatic rings. The number of benzene rings is 2. The smallest absolute Gasteiger partial charge is 0.240 e. The van der Waals surface area contributed by atoms with Crippen LogP contribution in [0.25, 0.3) is 11.0 Å². The van der Waals surface area contributed by atoms with Crippen molar-refractivity contribution >= 4 is 28.5 Å². The first-order valence-corrected chi connectivity index (χ1v) is 11.6. The maximum atomic E-state index is 12.9. The molecule has 1 fully saturated rings. The predicted octanol–water partition coefficient (Wildman–Crippen LogP) is 4.42. The summed E-state index contributed by atoms with van der Waals surface area (Å²) in [7, 11) is 0. The van der Waals surface area contributed by atoms with Gasteiger partial charge in [0.2, 0.25) is 11.8 Å². The van der Waals surface area contributed by atoms with Gasteiger partial charge in [0.25, 0.3) is 0 Å². The van der Waals surface area contributed by atoms with E-state index in [1.54, 1.807) is 0 Å². The summed E-state index contributed by atoms with van der Waals surface area (Å²) in [5.41, 5.74) is 4.01. The van der Waals surface area contributed by atoms with Crippen LogP contribution in [0.3, 0.4) is 0 Å². The SMILES string of the molecule is CCCCc1ccc(N2C[C@@H](c3nc4ccccc4n3CC(=O)NC(C)C)CC2=O)cc1. The van der Waals surface area contributed by atoms with Crippen molar-refractivity contribution in [3.05, 3.63) is 59.9 Å². The summed E-state index contributed by atoms with van der Waals surface area (Å²) in [4.78, 5) is 32.2. The third-order valence-corrected chi connectivity index (χ3v) is 5.99. The summed E-state index contributed by atoms with van der Waals surface area (Å²) in [6.07, 6.45) is 3.80. The Morgan fingerprint density at radius 3 is 2.62 bits per heavy atom. The third kappa shape index (κ3) is 4.69. The quantitative estimate of drug-likeness (QED) is 0.573. The number of aromatic nitrogens is 2. The molecule has 1 aliphatic rings. The molecule has 1 aromatic heterocycles. The van der Waals surface area contributed by atoms with Crippen molar-refractivity contribution in [2.45, 2.75) is 65.0 Å². The first-order chi connectivity index (χ1) is 15.5. The Morgan fingerprint density at radius 1 is 1.16 bits per heavy atom. The van der Waals surface area contributed by atoms with Crippen molar-refractivity contribution in [3.8, 4) is 0 Å². The Kier molecular flexibility index (Phi) is 6.58. The second-order valence-electron chi connectivity index (χ2n) is 8.94. The lowest BCUT2D eigenvalue weighted by atomic mass is 10.1. The number of carbonyl (C=O) groups excluding carboxylic acids is 2. The van der Waals surface area contributed by atoms with Gasteiger partial charge in [-0.1, -0.05) is 37.6 Å². The highest BCUT2D eigenvalue weighted by molar-refractivity contribution is 5.96. The number of aryl methyl sites for hydroxylation is 1. The number of hydrogen-bond acceptors (Lipinski definition) is 3. The molecular weight excluding hydrogens is 400 g/mol. The molecule has 0 saturated carbocycles. The van der Waals surface area contributed by atoms with Crippen LogP contribution in [0.2, 0.25) is 0 Å². The zero-order chi connectivity index (χ0) is 22.7. The van der Waals surface area contributed by atoms with E-state index in [2.05, 4.69) is 24.4 Å². The molecule has 1 atom stereocenters. The number of para-hydroxylation sites is 2. The summed E-state index contributed by atoms with van der Waals surface area (Å²) in [6.45, 7) is 6.86. The van der Waals surface area contributed by atoms with E-state index in [-0.39, 0.29) is 30.3 Å². The summed E-state index contributed by atoms with van der Waals surface area (Å²) in [5.74, 6) is 0.803. The van der Waals surface area contributed by atoms with E-state index in [9.17, 15) is 9.59 Å². The van der Waals surface area contributed by atoms with E-state index >= 15 is 0 Å². The summed E-state index contributed by atoms with van der Waals surface area (Å²) in [6, 6.07) is 16.3. The average molecular weight is 433 g/mol. The minimum absolute atomic E-state index is 0.0479. The Hall–Kier alpha value is -3.15. The van der Waals surface area contributed by atoms with Crippen LogP contribution in [0.15, 0.2) is 48.5 Å². The fourth-order valence-electron chi connectivity index (χ4n) is 4.44. The van der Waals surface area contributed by atoms with Crippen molar-refractivity contribution in [1.29, 1.82) is 0 Å². The zero-order valence-electron chi connectivity index (χ0n) is 19.2. The lowest BCUT2D eigenvalue weighted by molar-refractivity contribution is -0.122. The highest BCUT2D eigenvalue weighted by atomic mass is 16.2. The number of rotatable bonds is 8. The lowest BCUT2D eigenvalue weighted by Crippen LogP contribution is -2.33. The normalized spacial score (nSPS) is 16.3. The standard InChI is InChI=1S/C26H32N4O2/c1-4-5-8-19-11-13-21(14-12-19)29-16-20(15-25(29)32)26-28-22-9-6-7-10-23(22)30(26)17-24(31)27-18(2)3/h6-7,9-14,18,20H,4-5,8,15-17H2,1-3H3,(H,27,31)/t20-/m0/s1. The second kappa shape index (κ2) is 9.55. The van der Waals surface area contributed by atoms with Crippen LogP contribution in [0.5, 0.6) is 0 Å². The molecule has 0 spiro atoms. The van der Waals surface area contributed by atoms with Gasteiger partial charge in [-0.3, -0.25) is 9.59 Å². The monoisotopic (exact) mass is 432 g/mol. The largest absolute Gasteiger partial charge is 0.352 e. The maximum Gasteiger partial charge on any atom is 0.240 e. The van der Waals surface area contributed by atoms with Gasteiger partial charge in [-0.25, -0.2) is 4.98 Å².